The molecule has 150 valence electrons. The van der Waals surface area contributed by atoms with Gasteiger partial charge in [-0.2, -0.15) is 0 Å². The molecule has 1 spiro atoms. The number of fused-ring (bicyclic) bond motifs is 2. The maximum atomic E-state index is 12.7. The molecule has 6 heteroatoms. The average molecular weight is 394 g/mol. The van der Waals surface area contributed by atoms with Crippen LogP contribution in [0.1, 0.15) is 50.7 Å². The summed E-state index contributed by atoms with van der Waals surface area (Å²) in [6.45, 7) is 5.38. The molecular formula is C21H32ClN3O2. The van der Waals surface area contributed by atoms with E-state index >= 15 is 0 Å². The topological polar surface area (TPSA) is 75.4 Å². The summed E-state index contributed by atoms with van der Waals surface area (Å²) in [6.07, 6.45) is 5.60. The van der Waals surface area contributed by atoms with Gasteiger partial charge in [0.05, 0.1) is 12.6 Å². The summed E-state index contributed by atoms with van der Waals surface area (Å²) in [6, 6.07) is 8.12. The maximum Gasteiger partial charge on any atom is 0.241 e. The van der Waals surface area contributed by atoms with Crippen LogP contribution in [0, 0.1) is 5.92 Å². The largest absolute Gasteiger partial charge is 0.346 e. The predicted octanol–water partition coefficient (Wildman–Crippen LogP) is 2.40. The fraction of sp³-hybridized carbons (Fsp3) is 0.619. The molecular weight excluding hydrogens is 362 g/mol. The van der Waals surface area contributed by atoms with Crippen LogP contribution in [0.15, 0.2) is 24.3 Å². The Labute approximate surface area is 168 Å². The number of carbonyl (C=O) groups excluding carboxylic acids is 2. The summed E-state index contributed by atoms with van der Waals surface area (Å²) in [4.78, 5) is 26.7. The lowest BCUT2D eigenvalue weighted by molar-refractivity contribution is -0.135. The SMILES string of the molecule is CC(C)[C@H](N)C(=O)NCC(=O)N1CCCC2(CCCc3ccccc32)C1.Cl. The fourth-order valence-corrected chi connectivity index (χ4v) is 4.47. The molecule has 1 heterocycles. The van der Waals surface area contributed by atoms with Crippen molar-refractivity contribution >= 4 is 24.2 Å². The fourth-order valence-electron chi connectivity index (χ4n) is 4.47. The molecule has 2 aliphatic rings. The van der Waals surface area contributed by atoms with Gasteiger partial charge in [-0.05, 0) is 49.1 Å². The summed E-state index contributed by atoms with van der Waals surface area (Å²) in [5.41, 5.74) is 8.80. The molecule has 27 heavy (non-hydrogen) atoms. The number of aryl methyl sites for hydroxylation is 1. The van der Waals surface area contributed by atoms with Gasteiger partial charge in [0.2, 0.25) is 11.8 Å². The molecule has 5 nitrogen and oxygen atoms in total. The number of hydrogen-bond donors (Lipinski definition) is 2. The van der Waals surface area contributed by atoms with E-state index in [1.807, 2.05) is 18.7 Å². The molecule has 2 atom stereocenters. The van der Waals surface area contributed by atoms with Crippen LogP contribution >= 0.6 is 12.4 Å². The third kappa shape index (κ3) is 4.64. The molecule has 0 bridgehead atoms. The van der Waals surface area contributed by atoms with Crippen molar-refractivity contribution in [2.24, 2.45) is 11.7 Å². The number of benzene rings is 1. The quantitative estimate of drug-likeness (QED) is 0.824. The molecule has 3 rings (SSSR count). The van der Waals surface area contributed by atoms with Crippen molar-refractivity contribution in [3.8, 4) is 0 Å². The lowest BCUT2D eigenvalue weighted by atomic mass is 9.66. The Balaban J connectivity index is 0.00000261. The van der Waals surface area contributed by atoms with E-state index in [2.05, 4.69) is 29.6 Å². The number of nitrogens with one attached hydrogen (secondary N) is 1. The van der Waals surface area contributed by atoms with Crippen molar-refractivity contribution in [1.82, 2.24) is 10.2 Å². The van der Waals surface area contributed by atoms with Gasteiger partial charge in [-0.1, -0.05) is 38.1 Å². The number of nitrogens with two attached hydrogens (primary N) is 1. The van der Waals surface area contributed by atoms with Gasteiger partial charge in [-0.15, -0.1) is 12.4 Å². The van der Waals surface area contributed by atoms with E-state index in [1.165, 1.54) is 17.5 Å². The number of piperidine rings is 1. The molecule has 1 aliphatic heterocycles. The van der Waals surface area contributed by atoms with Crippen molar-refractivity contribution in [2.75, 3.05) is 19.6 Å². The second-order valence-corrected chi connectivity index (χ2v) is 8.20. The molecule has 3 N–H and O–H groups in total. The minimum Gasteiger partial charge on any atom is -0.346 e. The summed E-state index contributed by atoms with van der Waals surface area (Å²) >= 11 is 0. The maximum absolute atomic E-state index is 12.7. The highest BCUT2D eigenvalue weighted by atomic mass is 35.5. The minimum absolute atomic E-state index is 0. The first kappa shape index (κ1) is 21.7. The Morgan fingerprint density at radius 3 is 2.67 bits per heavy atom. The number of likely N-dealkylation sites (tertiary alicyclic amines) is 1. The third-order valence-corrected chi connectivity index (χ3v) is 6.05. The smallest absolute Gasteiger partial charge is 0.241 e. The summed E-state index contributed by atoms with van der Waals surface area (Å²) in [5.74, 6) is -0.193. The van der Waals surface area contributed by atoms with Gasteiger partial charge < -0.3 is 16.0 Å². The summed E-state index contributed by atoms with van der Waals surface area (Å²) < 4.78 is 0. The number of rotatable bonds is 4. The number of amides is 2. The highest BCUT2D eigenvalue weighted by Gasteiger charge is 2.41. The van der Waals surface area contributed by atoms with Crippen LogP contribution in [-0.4, -0.2) is 42.4 Å². The van der Waals surface area contributed by atoms with E-state index in [1.54, 1.807) is 0 Å². The second kappa shape index (κ2) is 9.07. The Kier molecular flexibility index (Phi) is 7.29. The first-order valence-corrected chi connectivity index (χ1v) is 9.82. The predicted molar refractivity (Wildman–Crippen MR) is 110 cm³/mol. The highest BCUT2D eigenvalue weighted by Crippen LogP contribution is 2.43. The number of carbonyl (C=O) groups is 2. The van der Waals surface area contributed by atoms with Gasteiger partial charge in [0.15, 0.2) is 0 Å². The highest BCUT2D eigenvalue weighted by molar-refractivity contribution is 5.87. The van der Waals surface area contributed by atoms with Crippen LogP contribution in [0.2, 0.25) is 0 Å². The third-order valence-electron chi connectivity index (χ3n) is 6.05. The molecule has 1 unspecified atom stereocenters. The lowest BCUT2D eigenvalue weighted by Crippen LogP contribution is -2.53. The Morgan fingerprint density at radius 2 is 1.93 bits per heavy atom. The molecule has 0 aromatic heterocycles. The molecule has 1 aromatic rings. The van der Waals surface area contributed by atoms with Gasteiger partial charge in [-0.25, -0.2) is 0 Å². The molecule has 0 radical (unpaired) electrons. The van der Waals surface area contributed by atoms with Crippen LogP contribution < -0.4 is 11.1 Å². The average Bonchev–Trinajstić information content (AvgIpc) is 2.65. The van der Waals surface area contributed by atoms with Crippen molar-refractivity contribution in [3.05, 3.63) is 35.4 Å². The zero-order valence-corrected chi connectivity index (χ0v) is 17.2. The van der Waals surface area contributed by atoms with Crippen molar-refractivity contribution < 1.29 is 9.59 Å². The molecule has 1 aliphatic carbocycles. The normalized spacial score (nSPS) is 22.7. The number of halogens is 1. The monoisotopic (exact) mass is 393 g/mol. The standard InChI is InChI=1S/C21H31N3O2.ClH/c1-15(2)19(22)20(26)23-13-18(25)24-12-6-11-21(14-24)10-5-8-16-7-3-4-9-17(16)21;/h3-4,7,9,15,19H,5-6,8,10-14,22H2,1-2H3,(H,23,26);1H/t19-,21?;/m0./s1. The van der Waals surface area contributed by atoms with Crippen LogP contribution in [0.3, 0.4) is 0 Å². The van der Waals surface area contributed by atoms with Crippen LogP contribution in [0.5, 0.6) is 0 Å². The first-order chi connectivity index (χ1) is 12.4. The van der Waals surface area contributed by atoms with Crippen molar-refractivity contribution in [2.45, 2.75) is 57.4 Å². The lowest BCUT2D eigenvalue weighted by Gasteiger charge is -2.46. The number of hydrogen-bond acceptors (Lipinski definition) is 3. The number of nitrogens with zero attached hydrogens (tertiary/aromatic N) is 1. The molecule has 1 aromatic carbocycles. The second-order valence-electron chi connectivity index (χ2n) is 8.20. The van der Waals surface area contributed by atoms with E-state index in [9.17, 15) is 9.59 Å². The Bertz CT molecular complexity index is 679. The van der Waals surface area contributed by atoms with Gasteiger partial charge in [0.1, 0.15) is 0 Å². The van der Waals surface area contributed by atoms with Crippen molar-refractivity contribution in [3.63, 3.8) is 0 Å². The molecule has 0 saturated carbocycles. The first-order valence-electron chi connectivity index (χ1n) is 9.82. The summed E-state index contributed by atoms with van der Waals surface area (Å²) in [5, 5.41) is 2.72. The van der Waals surface area contributed by atoms with Crippen LogP contribution in [-0.2, 0) is 21.4 Å². The van der Waals surface area contributed by atoms with E-state index in [-0.39, 0.29) is 42.1 Å². The van der Waals surface area contributed by atoms with Crippen LogP contribution in [0.4, 0.5) is 0 Å². The van der Waals surface area contributed by atoms with E-state index in [0.717, 1.165) is 38.8 Å². The minimum atomic E-state index is -0.569. The van der Waals surface area contributed by atoms with Gasteiger partial charge in [-0.3, -0.25) is 9.59 Å². The summed E-state index contributed by atoms with van der Waals surface area (Å²) in [7, 11) is 0. The van der Waals surface area contributed by atoms with E-state index in [0.29, 0.717) is 0 Å². The molecule has 1 fully saturated rings. The van der Waals surface area contributed by atoms with Gasteiger partial charge in [0.25, 0.3) is 0 Å². The van der Waals surface area contributed by atoms with Gasteiger partial charge >= 0.3 is 0 Å². The molecule has 2 amide bonds. The Hall–Kier alpha value is -1.59. The van der Waals surface area contributed by atoms with E-state index in [4.69, 9.17) is 5.73 Å². The van der Waals surface area contributed by atoms with Gasteiger partial charge in [0, 0.05) is 18.5 Å². The zero-order valence-electron chi connectivity index (χ0n) is 16.4. The molecule has 1 saturated heterocycles. The zero-order chi connectivity index (χ0) is 18.7. The van der Waals surface area contributed by atoms with E-state index < -0.39 is 6.04 Å². The van der Waals surface area contributed by atoms with Crippen LogP contribution in [0.25, 0.3) is 0 Å². The Morgan fingerprint density at radius 1 is 1.22 bits per heavy atom. The van der Waals surface area contributed by atoms with Crippen molar-refractivity contribution in [1.29, 1.82) is 0 Å².